The van der Waals surface area contributed by atoms with E-state index in [-0.39, 0.29) is 35.3 Å². The van der Waals surface area contributed by atoms with Crippen molar-refractivity contribution in [2.75, 3.05) is 33.2 Å². The number of hydrogen-bond acceptors (Lipinski definition) is 6. The van der Waals surface area contributed by atoms with Crippen LogP contribution in [-0.2, 0) is 26.2 Å². The van der Waals surface area contributed by atoms with Gasteiger partial charge in [0.2, 0.25) is 0 Å². The van der Waals surface area contributed by atoms with Gasteiger partial charge in [-0.1, -0.05) is 48.5 Å². The Balaban J connectivity index is 1.34. The van der Waals surface area contributed by atoms with E-state index in [1.165, 1.54) is 11.6 Å². The molecule has 0 saturated carbocycles. The number of hydrogen-bond donors (Lipinski definition) is 2. The van der Waals surface area contributed by atoms with Crippen LogP contribution in [-0.4, -0.2) is 64.0 Å². The highest BCUT2D eigenvalue weighted by Crippen LogP contribution is 2.40. The van der Waals surface area contributed by atoms with Crippen LogP contribution in [0, 0.1) is 6.92 Å². The van der Waals surface area contributed by atoms with Gasteiger partial charge in [-0.3, -0.25) is 9.69 Å². The zero-order valence-corrected chi connectivity index (χ0v) is 20.9. The van der Waals surface area contributed by atoms with Crippen LogP contribution >= 0.6 is 0 Å². The molecule has 0 aliphatic carbocycles. The molecule has 1 fully saturated rings. The number of aromatic hydroxyl groups is 2. The number of fused-ring (bicyclic) bond motifs is 1. The standard InChI is InChI=1S/C29H33N3O4/c1-20-25(33)15-26(34)27(28(20)36-19-21-6-4-3-5-7-21)29(35)32-17-23-9-8-22(14-24(23)18-32)16-31-12-10-30(2)11-13-31/h3-9,14-15,33-34H,10-13,16-19H2,1-2H3. The number of nitrogens with zero attached hydrogens (tertiary/aromatic N) is 3. The minimum absolute atomic E-state index is 0.0895. The molecule has 0 spiro atoms. The Morgan fingerprint density at radius 1 is 0.889 bits per heavy atom. The third-order valence-electron chi connectivity index (χ3n) is 7.20. The maximum absolute atomic E-state index is 13.7. The quantitative estimate of drug-likeness (QED) is 0.550. The summed E-state index contributed by atoms with van der Waals surface area (Å²) in [7, 11) is 2.16. The zero-order chi connectivity index (χ0) is 25.2. The fraction of sp³-hybridized carbons (Fsp3) is 0.345. The Morgan fingerprint density at radius 3 is 2.36 bits per heavy atom. The molecule has 0 atom stereocenters. The van der Waals surface area contributed by atoms with Crippen LogP contribution in [0.4, 0.5) is 0 Å². The van der Waals surface area contributed by atoms with Crippen LogP contribution in [0.5, 0.6) is 17.2 Å². The Kier molecular flexibility index (Phi) is 6.85. The molecule has 188 valence electrons. The molecule has 7 heteroatoms. The van der Waals surface area contributed by atoms with Crippen molar-refractivity contribution in [3.8, 4) is 17.2 Å². The molecule has 36 heavy (non-hydrogen) atoms. The van der Waals surface area contributed by atoms with Crippen molar-refractivity contribution < 1.29 is 19.7 Å². The van der Waals surface area contributed by atoms with Gasteiger partial charge in [-0.2, -0.15) is 0 Å². The third-order valence-corrected chi connectivity index (χ3v) is 7.20. The second kappa shape index (κ2) is 10.2. The fourth-order valence-corrected chi connectivity index (χ4v) is 4.96. The number of ether oxygens (including phenoxy) is 1. The van der Waals surface area contributed by atoms with Gasteiger partial charge in [-0.15, -0.1) is 0 Å². The summed E-state index contributed by atoms with van der Waals surface area (Å²) in [5, 5.41) is 21.0. The van der Waals surface area contributed by atoms with E-state index in [0.717, 1.165) is 49.4 Å². The van der Waals surface area contributed by atoms with Crippen LogP contribution in [0.3, 0.4) is 0 Å². The Bertz CT molecular complexity index is 1250. The van der Waals surface area contributed by atoms with E-state index in [2.05, 4.69) is 35.0 Å². The predicted molar refractivity (Wildman–Crippen MR) is 138 cm³/mol. The summed E-state index contributed by atoms with van der Waals surface area (Å²) in [5.74, 6) is -0.480. The molecule has 5 rings (SSSR count). The first kappa shape index (κ1) is 24.2. The maximum atomic E-state index is 13.7. The van der Waals surface area contributed by atoms with Gasteiger partial charge in [-0.25, -0.2) is 0 Å². The Morgan fingerprint density at radius 2 is 1.61 bits per heavy atom. The van der Waals surface area contributed by atoms with Crippen molar-refractivity contribution in [1.29, 1.82) is 0 Å². The molecule has 0 radical (unpaired) electrons. The Labute approximate surface area is 212 Å². The van der Waals surface area contributed by atoms with E-state index >= 15 is 0 Å². The van der Waals surface area contributed by atoms with Crippen molar-refractivity contribution >= 4 is 5.91 Å². The number of benzene rings is 3. The highest BCUT2D eigenvalue weighted by Gasteiger charge is 2.30. The molecule has 3 aromatic carbocycles. The van der Waals surface area contributed by atoms with E-state index in [4.69, 9.17) is 4.74 Å². The highest BCUT2D eigenvalue weighted by atomic mass is 16.5. The topological polar surface area (TPSA) is 76.5 Å². The van der Waals surface area contributed by atoms with Crippen LogP contribution < -0.4 is 4.74 Å². The van der Waals surface area contributed by atoms with Gasteiger partial charge in [-0.05, 0) is 36.2 Å². The van der Waals surface area contributed by atoms with Crippen molar-refractivity contribution in [1.82, 2.24) is 14.7 Å². The van der Waals surface area contributed by atoms with E-state index in [0.29, 0.717) is 18.7 Å². The second-order valence-corrected chi connectivity index (χ2v) is 9.86. The molecule has 3 aromatic rings. The normalized spacial score (nSPS) is 16.2. The molecule has 7 nitrogen and oxygen atoms in total. The van der Waals surface area contributed by atoms with Gasteiger partial charge >= 0.3 is 0 Å². The minimum Gasteiger partial charge on any atom is -0.507 e. The molecule has 2 N–H and O–H groups in total. The van der Waals surface area contributed by atoms with Crippen LogP contribution in [0.25, 0.3) is 0 Å². The largest absolute Gasteiger partial charge is 0.507 e. The molecule has 2 heterocycles. The van der Waals surface area contributed by atoms with Crippen molar-refractivity contribution in [2.24, 2.45) is 0 Å². The summed E-state index contributed by atoms with van der Waals surface area (Å²) < 4.78 is 6.01. The lowest BCUT2D eigenvalue weighted by Crippen LogP contribution is -2.43. The van der Waals surface area contributed by atoms with Gasteiger partial charge in [0, 0.05) is 57.4 Å². The van der Waals surface area contributed by atoms with E-state index in [9.17, 15) is 15.0 Å². The average Bonchev–Trinajstić information content (AvgIpc) is 3.30. The summed E-state index contributed by atoms with van der Waals surface area (Å²) in [4.78, 5) is 20.2. The van der Waals surface area contributed by atoms with Gasteiger partial charge in [0.25, 0.3) is 5.91 Å². The van der Waals surface area contributed by atoms with Crippen molar-refractivity contribution in [2.45, 2.75) is 33.2 Å². The number of likely N-dealkylation sites (N-methyl/N-ethyl adjacent to an activating group) is 1. The number of phenolic OH excluding ortho intramolecular Hbond substituents is 2. The lowest BCUT2D eigenvalue weighted by atomic mass is 10.1. The first-order valence-electron chi connectivity index (χ1n) is 12.4. The molecule has 2 aliphatic rings. The molecule has 0 unspecified atom stereocenters. The van der Waals surface area contributed by atoms with E-state index in [1.807, 2.05) is 30.3 Å². The van der Waals surface area contributed by atoms with Crippen molar-refractivity contribution in [3.05, 3.63) is 88.0 Å². The first-order valence-corrected chi connectivity index (χ1v) is 12.4. The number of carbonyl (C=O) groups excluding carboxylic acids is 1. The summed E-state index contributed by atoms with van der Waals surface area (Å²) >= 11 is 0. The highest BCUT2D eigenvalue weighted by molar-refractivity contribution is 6.00. The Hall–Kier alpha value is -3.55. The lowest BCUT2D eigenvalue weighted by molar-refractivity contribution is 0.0742. The smallest absolute Gasteiger partial charge is 0.262 e. The molecule has 0 bridgehead atoms. The zero-order valence-electron chi connectivity index (χ0n) is 20.9. The van der Waals surface area contributed by atoms with Gasteiger partial charge < -0.3 is 24.7 Å². The predicted octanol–water partition coefficient (Wildman–Crippen LogP) is 3.89. The van der Waals surface area contributed by atoms with Crippen LogP contribution in [0.1, 0.15) is 38.2 Å². The molecular weight excluding hydrogens is 454 g/mol. The van der Waals surface area contributed by atoms with E-state index in [1.54, 1.807) is 11.8 Å². The number of piperazine rings is 1. The molecular formula is C29H33N3O4. The van der Waals surface area contributed by atoms with Crippen molar-refractivity contribution in [3.63, 3.8) is 0 Å². The summed E-state index contributed by atoms with van der Waals surface area (Å²) in [6, 6.07) is 17.3. The number of amides is 1. The molecule has 1 amide bonds. The first-order chi connectivity index (χ1) is 17.4. The summed E-state index contributed by atoms with van der Waals surface area (Å²) in [5.41, 5.74) is 4.95. The van der Waals surface area contributed by atoms with Gasteiger partial charge in [0.05, 0.1) is 0 Å². The number of rotatable bonds is 6. The summed E-state index contributed by atoms with van der Waals surface area (Å²) in [6.45, 7) is 8.05. The SMILES string of the molecule is Cc1c(O)cc(O)c(C(=O)N2Cc3ccc(CN4CCN(C)CC4)cc3C2)c1OCc1ccccc1. The van der Waals surface area contributed by atoms with Crippen LogP contribution in [0.15, 0.2) is 54.6 Å². The second-order valence-electron chi connectivity index (χ2n) is 9.86. The minimum atomic E-state index is -0.310. The lowest BCUT2D eigenvalue weighted by Gasteiger charge is -2.32. The van der Waals surface area contributed by atoms with Crippen LogP contribution in [0.2, 0.25) is 0 Å². The van der Waals surface area contributed by atoms with Gasteiger partial charge in [0.15, 0.2) is 0 Å². The number of phenols is 2. The summed E-state index contributed by atoms with van der Waals surface area (Å²) in [6.07, 6.45) is 0. The van der Waals surface area contributed by atoms with Gasteiger partial charge in [0.1, 0.15) is 29.4 Å². The molecule has 1 saturated heterocycles. The monoisotopic (exact) mass is 487 g/mol. The number of carbonyl (C=O) groups is 1. The third kappa shape index (κ3) is 5.03. The fourth-order valence-electron chi connectivity index (χ4n) is 4.96. The van der Waals surface area contributed by atoms with E-state index < -0.39 is 0 Å². The molecule has 2 aliphatic heterocycles. The molecule has 0 aromatic heterocycles. The average molecular weight is 488 g/mol. The maximum Gasteiger partial charge on any atom is 0.262 e.